The molecule has 2 aromatic carbocycles. The van der Waals surface area contributed by atoms with Gasteiger partial charge in [0.2, 0.25) is 12.2 Å². The molecule has 1 N–H and O–H groups in total. The van der Waals surface area contributed by atoms with E-state index in [4.69, 9.17) is 4.98 Å². The number of hydrogen-bond donors (Lipinski definition) is 1. The SMILES string of the molecule is CC(C)CC1CN(c2cnc3ccccc3n2)CCN1/C(=N\C#N)Nc1ccccc1F. The largest absolute Gasteiger partial charge is 0.351 e. The van der Waals surface area contributed by atoms with E-state index in [1.807, 2.05) is 36.7 Å². The summed E-state index contributed by atoms with van der Waals surface area (Å²) in [5.74, 6) is 1.25. The van der Waals surface area contributed by atoms with Gasteiger partial charge in [-0.2, -0.15) is 5.26 Å². The summed E-state index contributed by atoms with van der Waals surface area (Å²) >= 11 is 0. The second kappa shape index (κ2) is 9.60. The van der Waals surface area contributed by atoms with Crippen LogP contribution >= 0.6 is 0 Å². The molecule has 0 saturated carbocycles. The number of para-hydroxylation sites is 3. The molecular formula is C24H26FN7. The van der Waals surface area contributed by atoms with Crippen LogP contribution in [0, 0.1) is 23.2 Å². The van der Waals surface area contributed by atoms with E-state index in [1.54, 1.807) is 18.2 Å². The van der Waals surface area contributed by atoms with Crippen molar-refractivity contribution in [2.24, 2.45) is 10.9 Å². The van der Waals surface area contributed by atoms with Gasteiger partial charge in [-0.25, -0.2) is 9.37 Å². The van der Waals surface area contributed by atoms with Crippen molar-refractivity contribution in [3.8, 4) is 6.19 Å². The third kappa shape index (κ3) is 4.78. The summed E-state index contributed by atoms with van der Waals surface area (Å²) in [6.45, 7) is 6.34. The summed E-state index contributed by atoms with van der Waals surface area (Å²) < 4.78 is 14.2. The average molecular weight is 432 g/mol. The molecule has 0 radical (unpaired) electrons. The molecule has 0 bridgehead atoms. The number of hydrogen-bond acceptors (Lipinski definition) is 5. The maximum absolute atomic E-state index is 14.2. The number of aromatic nitrogens is 2. The molecule has 1 aliphatic heterocycles. The number of piperazine rings is 1. The van der Waals surface area contributed by atoms with Crippen LogP contribution in [-0.4, -0.2) is 46.5 Å². The first-order chi connectivity index (χ1) is 15.5. The molecule has 1 aromatic heterocycles. The van der Waals surface area contributed by atoms with E-state index in [0.717, 1.165) is 23.3 Å². The predicted octanol–water partition coefficient (Wildman–Crippen LogP) is 4.25. The van der Waals surface area contributed by atoms with Gasteiger partial charge in [0.25, 0.3) is 0 Å². The van der Waals surface area contributed by atoms with Gasteiger partial charge in [0.1, 0.15) is 11.6 Å². The number of nitrogens with zero attached hydrogens (tertiary/aromatic N) is 6. The Kier molecular flexibility index (Phi) is 6.45. The fraction of sp³-hybridized carbons (Fsp3) is 0.333. The first-order valence-corrected chi connectivity index (χ1v) is 10.8. The highest BCUT2D eigenvalue weighted by Crippen LogP contribution is 2.24. The number of halogens is 1. The highest BCUT2D eigenvalue weighted by molar-refractivity contribution is 5.94. The number of nitrogens with one attached hydrogen (secondary N) is 1. The molecule has 2 heterocycles. The summed E-state index contributed by atoms with van der Waals surface area (Å²) in [7, 11) is 0. The summed E-state index contributed by atoms with van der Waals surface area (Å²) in [5.41, 5.74) is 2.03. The van der Waals surface area contributed by atoms with Gasteiger partial charge in [-0.15, -0.1) is 4.99 Å². The Labute approximate surface area is 187 Å². The maximum Gasteiger partial charge on any atom is 0.214 e. The van der Waals surface area contributed by atoms with Gasteiger partial charge < -0.3 is 15.1 Å². The van der Waals surface area contributed by atoms with Crippen LogP contribution in [0.4, 0.5) is 15.9 Å². The second-order valence-corrected chi connectivity index (χ2v) is 8.28. The second-order valence-electron chi connectivity index (χ2n) is 8.28. The van der Waals surface area contributed by atoms with Gasteiger partial charge in [-0.3, -0.25) is 4.98 Å². The molecule has 4 rings (SSSR count). The van der Waals surface area contributed by atoms with Crippen LogP contribution in [0.3, 0.4) is 0 Å². The van der Waals surface area contributed by atoms with Crippen molar-refractivity contribution in [2.75, 3.05) is 29.9 Å². The van der Waals surface area contributed by atoms with Gasteiger partial charge in [0.15, 0.2) is 0 Å². The predicted molar refractivity (Wildman–Crippen MR) is 125 cm³/mol. The third-order valence-electron chi connectivity index (χ3n) is 5.53. The number of benzene rings is 2. The maximum atomic E-state index is 14.2. The summed E-state index contributed by atoms with van der Waals surface area (Å²) in [6.07, 6.45) is 4.57. The van der Waals surface area contributed by atoms with Crippen LogP contribution in [0.25, 0.3) is 11.0 Å². The Balaban J connectivity index is 1.59. The Morgan fingerprint density at radius 3 is 2.69 bits per heavy atom. The minimum atomic E-state index is -0.386. The zero-order valence-corrected chi connectivity index (χ0v) is 18.2. The van der Waals surface area contributed by atoms with Crippen molar-refractivity contribution in [1.82, 2.24) is 14.9 Å². The number of rotatable bonds is 4. The van der Waals surface area contributed by atoms with E-state index in [9.17, 15) is 9.65 Å². The highest BCUT2D eigenvalue weighted by Gasteiger charge is 2.31. The van der Waals surface area contributed by atoms with Crippen molar-refractivity contribution in [3.63, 3.8) is 0 Å². The number of aliphatic imine (C=N–C) groups is 1. The van der Waals surface area contributed by atoms with Crippen LogP contribution < -0.4 is 10.2 Å². The molecule has 32 heavy (non-hydrogen) atoms. The highest BCUT2D eigenvalue weighted by atomic mass is 19.1. The molecule has 1 aliphatic rings. The Hall–Kier alpha value is -3.73. The van der Waals surface area contributed by atoms with Crippen molar-refractivity contribution < 1.29 is 4.39 Å². The molecule has 1 unspecified atom stereocenters. The zero-order valence-electron chi connectivity index (χ0n) is 18.2. The molecule has 8 heteroatoms. The normalized spacial score (nSPS) is 17.0. The molecule has 1 atom stereocenters. The van der Waals surface area contributed by atoms with Crippen LogP contribution in [0.2, 0.25) is 0 Å². The molecule has 0 aliphatic carbocycles. The Morgan fingerprint density at radius 2 is 1.94 bits per heavy atom. The lowest BCUT2D eigenvalue weighted by atomic mass is 10.00. The lowest BCUT2D eigenvalue weighted by Crippen LogP contribution is -2.57. The van der Waals surface area contributed by atoms with Crippen molar-refractivity contribution in [3.05, 3.63) is 60.5 Å². The third-order valence-corrected chi connectivity index (χ3v) is 5.53. The summed E-state index contributed by atoms with van der Waals surface area (Å²) in [4.78, 5) is 17.6. The monoisotopic (exact) mass is 431 g/mol. The number of nitriles is 1. The van der Waals surface area contributed by atoms with E-state index in [2.05, 4.69) is 38.9 Å². The molecule has 1 fully saturated rings. The van der Waals surface area contributed by atoms with Crippen molar-refractivity contribution in [1.29, 1.82) is 5.26 Å². The van der Waals surface area contributed by atoms with Crippen LogP contribution in [-0.2, 0) is 0 Å². The summed E-state index contributed by atoms with van der Waals surface area (Å²) in [5, 5.41) is 12.3. The van der Waals surface area contributed by atoms with E-state index in [0.29, 0.717) is 37.2 Å². The van der Waals surface area contributed by atoms with Gasteiger partial charge in [-0.1, -0.05) is 38.1 Å². The number of anilines is 2. The average Bonchev–Trinajstić information content (AvgIpc) is 2.79. The van der Waals surface area contributed by atoms with Gasteiger partial charge in [0.05, 0.1) is 22.9 Å². The van der Waals surface area contributed by atoms with Gasteiger partial charge in [-0.05, 0) is 36.6 Å². The molecular weight excluding hydrogens is 405 g/mol. The summed E-state index contributed by atoms with van der Waals surface area (Å²) in [6, 6.07) is 14.3. The number of guanidine groups is 1. The molecule has 164 valence electrons. The van der Waals surface area contributed by atoms with Crippen LogP contribution in [0.5, 0.6) is 0 Å². The van der Waals surface area contributed by atoms with Crippen LogP contribution in [0.15, 0.2) is 59.7 Å². The number of fused-ring (bicyclic) bond motifs is 1. The minimum Gasteiger partial charge on any atom is -0.351 e. The van der Waals surface area contributed by atoms with Crippen LogP contribution in [0.1, 0.15) is 20.3 Å². The van der Waals surface area contributed by atoms with E-state index in [1.165, 1.54) is 6.07 Å². The molecule has 7 nitrogen and oxygen atoms in total. The molecule has 0 spiro atoms. The van der Waals surface area contributed by atoms with Gasteiger partial charge >= 0.3 is 0 Å². The first-order valence-electron chi connectivity index (χ1n) is 10.8. The Morgan fingerprint density at radius 1 is 1.19 bits per heavy atom. The molecule has 3 aromatic rings. The Bertz CT molecular complexity index is 1150. The fourth-order valence-corrected chi connectivity index (χ4v) is 4.08. The first kappa shape index (κ1) is 21.5. The zero-order chi connectivity index (χ0) is 22.5. The van der Waals surface area contributed by atoms with Gasteiger partial charge in [0, 0.05) is 25.7 Å². The van der Waals surface area contributed by atoms with Crippen molar-refractivity contribution in [2.45, 2.75) is 26.3 Å². The topological polar surface area (TPSA) is 80.4 Å². The van der Waals surface area contributed by atoms with E-state index in [-0.39, 0.29) is 11.9 Å². The molecule has 1 saturated heterocycles. The standard InChI is InChI=1S/C24H26FN7/c1-17(2)13-18-15-31(23-14-27-21-9-5-6-10-22(21)29-23)11-12-32(18)24(28-16-26)30-20-8-4-3-7-19(20)25/h3-10,14,17-18H,11-13,15H2,1-2H3,(H,28,30). The smallest absolute Gasteiger partial charge is 0.214 e. The molecule has 0 amide bonds. The van der Waals surface area contributed by atoms with E-state index < -0.39 is 0 Å². The minimum absolute atomic E-state index is 0.0726. The van der Waals surface area contributed by atoms with Crippen molar-refractivity contribution >= 4 is 28.5 Å². The fourth-order valence-electron chi connectivity index (χ4n) is 4.08. The quantitative estimate of drug-likeness (QED) is 0.378. The van der Waals surface area contributed by atoms with E-state index >= 15 is 0 Å². The lowest BCUT2D eigenvalue weighted by Gasteiger charge is -2.43. The lowest BCUT2D eigenvalue weighted by molar-refractivity contribution is 0.245.